The van der Waals surface area contributed by atoms with Crippen molar-refractivity contribution in [3.05, 3.63) is 59.4 Å². The number of nitriles is 1. The van der Waals surface area contributed by atoms with Crippen LogP contribution >= 0.6 is 0 Å². The molecule has 0 aliphatic heterocycles. The average molecular weight is 284 g/mol. The third-order valence-electron chi connectivity index (χ3n) is 2.90. The molecule has 2 aromatic rings. The van der Waals surface area contributed by atoms with Crippen molar-refractivity contribution in [1.29, 1.82) is 5.26 Å². The fraction of sp³-hybridized carbons (Fsp3) is 0.235. The molecular weight excluding hydrogens is 267 g/mol. The Kier molecular flexibility index (Phi) is 4.78. The molecule has 0 aliphatic carbocycles. The van der Waals surface area contributed by atoms with Gasteiger partial charge in [-0.3, -0.25) is 0 Å². The summed E-state index contributed by atoms with van der Waals surface area (Å²) in [4.78, 5) is 0. The summed E-state index contributed by atoms with van der Waals surface area (Å²) >= 11 is 0. The monoisotopic (exact) mass is 284 g/mol. The van der Waals surface area contributed by atoms with Crippen LogP contribution in [-0.4, -0.2) is 6.10 Å². The summed E-state index contributed by atoms with van der Waals surface area (Å²) in [6.45, 7) is 4.46. The maximum absolute atomic E-state index is 13.5. The Hall–Kier alpha value is -2.54. The lowest BCUT2D eigenvalue weighted by Crippen LogP contribution is -2.06. The second kappa shape index (κ2) is 6.76. The maximum Gasteiger partial charge on any atom is 0.143 e. The Morgan fingerprint density at radius 3 is 2.52 bits per heavy atom. The first-order chi connectivity index (χ1) is 10.1. The predicted octanol–water partition coefficient (Wildman–Crippen LogP) is 4.10. The zero-order valence-electron chi connectivity index (χ0n) is 12.1. The maximum atomic E-state index is 13.5. The average Bonchev–Trinajstić information content (AvgIpc) is 2.46. The Balaban J connectivity index is 2.04. The summed E-state index contributed by atoms with van der Waals surface area (Å²) in [5, 5.41) is 12.0. The number of ether oxygens (including phenoxy) is 1. The van der Waals surface area contributed by atoms with Crippen LogP contribution in [0.1, 0.15) is 25.0 Å². The Morgan fingerprint density at radius 1 is 1.19 bits per heavy atom. The van der Waals surface area contributed by atoms with E-state index in [0.29, 0.717) is 12.2 Å². The van der Waals surface area contributed by atoms with E-state index in [-0.39, 0.29) is 11.7 Å². The normalized spacial score (nSPS) is 10.2. The van der Waals surface area contributed by atoms with Crippen LogP contribution in [-0.2, 0) is 6.54 Å². The first-order valence-electron chi connectivity index (χ1n) is 6.78. The van der Waals surface area contributed by atoms with Gasteiger partial charge in [-0.1, -0.05) is 18.2 Å². The third-order valence-corrected chi connectivity index (χ3v) is 2.90. The highest BCUT2D eigenvalue weighted by atomic mass is 19.1. The van der Waals surface area contributed by atoms with Crippen molar-refractivity contribution in [2.45, 2.75) is 26.5 Å². The lowest BCUT2D eigenvalue weighted by Gasteiger charge is -2.11. The van der Waals surface area contributed by atoms with Gasteiger partial charge in [0.25, 0.3) is 0 Å². The molecule has 0 atom stereocenters. The zero-order valence-corrected chi connectivity index (χ0v) is 12.1. The molecule has 0 unspecified atom stereocenters. The molecule has 0 fully saturated rings. The second-order valence-corrected chi connectivity index (χ2v) is 4.94. The fourth-order valence-corrected chi connectivity index (χ4v) is 1.94. The van der Waals surface area contributed by atoms with Crippen LogP contribution in [0.4, 0.5) is 10.1 Å². The molecule has 0 aromatic heterocycles. The van der Waals surface area contributed by atoms with Gasteiger partial charge < -0.3 is 10.1 Å². The van der Waals surface area contributed by atoms with Gasteiger partial charge in [0.05, 0.1) is 11.8 Å². The Labute approximate surface area is 124 Å². The number of anilines is 1. The van der Waals surface area contributed by atoms with Gasteiger partial charge in [0.2, 0.25) is 0 Å². The van der Waals surface area contributed by atoms with Crippen molar-refractivity contribution < 1.29 is 9.13 Å². The fourth-order valence-electron chi connectivity index (χ4n) is 1.94. The van der Waals surface area contributed by atoms with E-state index in [4.69, 9.17) is 10.00 Å². The number of nitrogens with zero attached hydrogens (tertiary/aromatic N) is 1. The molecule has 1 N–H and O–H groups in total. The molecule has 0 heterocycles. The Morgan fingerprint density at radius 2 is 1.90 bits per heavy atom. The first-order valence-corrected chi connectivity index (χ1v) is 6.78. The molecule has 2 rings (SSSR count). The van der Waals surface area contributed by atoms with Crippen molar-refractivity contribution >= 4 is 5.69 Å². The van der Waals surface area contributed by atoms with E-state index in [1.165, 1.54) is 6.07 Å². The zero-order chi connectivity index (χ0) is 15.2. The highest BCUT2D eigenvalue weighted by Gasteiger charge is 2.07. The highest BCUT2D eigenvalue weighted by Crippen LogP contribution is 2.19. The summed E-state index contributed by atoms with van der Waals surface area (Å²) in [7, 11) is 0. The van der Waals surface area contributed by atoms with Crippen LogP contribution in [0.3, 0.4) is 0 Å². The van der Waals surface area contributed by atoms with Gasteiger partial charge >= 0.3 is 0 Å². The molecule has 21 heavy (non-hydrogen) atoms. The van der Waals surface area contributed by atoms with Crippen molar-refractivity contribution in [3.8, 4) is 11.8 Å². The molecule has 0 saturated carbocycles. The largest absolute Gasteiger partial charge is 0.491 e. The van der Waals surface area contributed by atoms with Crippen LogP contribution in [0.2, 0.25) is 0 Å². The molecule has 0 radical (unpaired) electrons. The van der Waals surface area contributed by atoms with Crippen molar-refractivity contribution in [3.63, 3.8) is 0 Å². The molecule has 0 saturated heterocycles. The molecule has 108 valence electrons. The molecule has 4 heteroatoms. The van der Waals surface area contributed by atoms with Crippen molar-refractivity contribution in [2.75, 3.05) is 5.32 Å². The van der Waals surface area contributed by atoms with Crippen molar-refractivity contribution in [2.24, 2.45) is 0 Å². The lowest BCUT2D eigenvalue weighted by atomic mass is 10.1. The van der Waals surface area contributed by atoms with Crippen LogP contribution < -0.4 is 10.1 Å². The summed E-state index contributed by atoms with van der Waals surface area (Å²) in [6.07, 6.45) is 0.138. The smallest absolute Gasteiger partial charge is 0.143 e. The molecule has 3 nitrogen and oxygen atoms in total. The van der Waals surface area contributed by atoms with Gasteiger partial charge in [-0.25, -0.2) is 4.39 Å². The third kappa shape index (κ3) is 3.96. The summed E-state index contributed by atoms with van der Waals surface area (Å²) < 4.78 is 19.0. The number of hydrogen-bond acceptors (Lipinski definition) is 3. The SMILES string of the molecule is CC(C)Oc1ccc(CNc2cccc(F)c2C#N)cc1. The summed E-state index contributed by atoms with van der Waals surface area (Å²) in [5.74, 6) is 0.306. The summed E-state index contributed by atoms with van der Waals surface area (Å²) in [5.41, 5.74) is 1.57. The Bertz CT molecular complexity index is 645. The molecule has 2 aromatic carbocycles. The van der Waals surface area contributed by atoms with Gasteiger partial charge in [-0.05, 0) is 43.7 Å². The van der Waals surface area contributed by atoms with Crippen LogP contribution in [0.25, 0.3) is 0 Å². The van der Waals surface area contributed by atoms with Gasteiger partial charge in [0.1, 0.15) is 23.2 Å². The highest BCUT2D eigenvalue weighted by molar-refractivity contribution is 5.58. The first kappa shape index (κ1) is 14.9. The van der Waals surface area contributed by atoms with E-state index in [1.807, 2.05) is 44.2 Å². The number of benzene rings is 2. The molecule has 0 amide bonds. The van der Waals surface area contributed by atoms with E-state index >= 15 is 0 Å². The van der Waals surface area contributed by atoms with Gasteiger partial charge in [0, 0.05) is 6.54 Å². The quantitative estimate of drug-likeness (QED) is 0.899. The molecule has 0 bridgehead atoms. The minimum atomic E-state index is -0.511. The number of halogens is 1. The number of nitrogens with one attached hydrogen (secondary N) is 1. The lowest BCUT2D eigenvalue weighted by molar-refractivity contribution is 0.242. The van der Waals surface area contributed by atoms with Gasteiger partial charge in [-0.2, -0.15) is 5.26 Å². The molecular formula is C17H17FN2O. The standard InChI is InChI=1S/C17H17FN2O/c1-12(2)21-14-8-6-13(7-9-14)11-20-17-5-3-4-16(18)15(17)10-19/h3-9,12,20H,11H2,1-2H3. The van der Waals surface area contributed by atoms with E-state index in [0.717, 1.165) is 11.3 Å². The predicted molar refractivity (Wildman–Crippen MR) is 80.6 cm³/mol. The van der Waals surface area contributed by atoms with Crippen LogP contribution in [0.15, 0.2) is 42.5 Å². The van der Waals surface area contributed by atoms with Crippen LogP contribution in [0.5, 0.6) is 5.75 Å². The summed E-state index contributed by atoms with van der Waals surface area (Å²) in [6, 6.07) is 14.1. The molecule has 0 spiro atoms. The topological polar surface area (TPSA) is 45.0 Å². The van der Waals surface area contributed by atoms with Gasteiger partial charge in [-0.15, -0.1) is 0 Å². The number of hydrogen-bond donors (Lipinski definition) is 1. The van der Waals surface area contributed by atoms with Gasteiger partial charge in [0.15, 0.2) is 0 Å². The van der Waals surface area contributed by atoms with Crippen molar-refractivity contribution in [1.82, 2.24) is 0 Å². The van der Waals surface area contributed by atoms with E-state index in [9.17, 15) is 4.39 Å². The molecule has 0 aliphatic rings. The minimum Gasteiger partial charge on any atom is -0.491 e. The van der Waals surface area contributed by atoms with E-state index in [1.54, 1.807) is 12.1 Å². The van der Waals surface area contributed by atoms with Crippen LogP contribution in [0, 0.1) is 17.1 Å². The number of rotatable bonds is 5. The second-order valence-electron chi connectivity index (χ2n) is 4.94. The van der Waals surface area contributed by atoms with E-state index in [2.05, 4.69) is 5.32 Å². The van der Waals surface area contributed by atoms with E-state index < -0.39 is 5.82 Å². The minimum absolute atomic E-state index is 0.0391.